The van der Waals surface area contributed by atoms with Crippen molar-refractivity contribution in [2.45, 2.75) is 19.4 Å². The molecule has 0 aliphatic carbocycles. The average Bonchev–Trinajstić information content (AvgIpc) is 2.88. The molecule has 92 valence electrons. The van der Waals surface area contributed by atoms with E-state index in [0.29, 0.717) is 0 Å². The predicted molar refractivity (Wildman–Crippen MR) is 66.5 cm³/mol. The van der Waals surface area contributed by atoms with Crippen LogP contribution in [-0.2, 0) is 20.5 Å². The first-order valence-electron chi connectivity index (χ1n) is 5.85. The molecule has 0 aromatic carbocycles. The fourth-order valence-electron chi connectivity index (χ4n) is 1.92. The molecule has 1 N–H and O–H groups in total. The Balaban J connectivity index is 1.83. The van der Waals surface area contributed by atoms with Crippen molar-refractivity contribution in [1.82, 2.24) is 24.4 Å². The Bertz CT molecular complexity index is 471. The molecule has 0 saturated heterocycles. The minimum atomic E-state index is 0.260. The number of rotatable bonds is 5. The Morgan fingerprint density at radius 1 is 1.18 bits per heavy atom. The summed E-state index contributed by atoms with van der Waals surface area (Å²) in [4.78, 5) is 8.62. The zero-order valence-electron chi connectivity index (χ0n) is 10.6. The van der Waals surface area contributed by atoms with Gasteiger partial charge in [0.25, 0.3) is 0 Å². The lowest BCUT2D eigenvalue weighted by molar-refractivity contribution is 0.526. The van der Waals surface area contributed by atoms with E-state index in [1.165, 1.54) is 0 Å². The lowest BCUT2D eigenvalue weighted by atomic mass is 10.3. The van der Waals surface area contributed by atoms with E-state index in [1.807, 2.05) is 48.0 Å². The van der Waals surface area contributed by atoms with Gasteiger partial charge in [-0.3, -0.25) is 0 Å². The number of aryl methyl sites for hydroxylation is 2. The van der Waals surface area contributed by atoms with Crippen LogP contribution >= 0.6 is 0 Å². The minimum absolute atomic E-state index is 0.260. The first kappa shape index (κ1) is 11.9. The minimum Gasteiger partial charge on any atom is -0.338 e. The molecule has 0 radical (unpaired) electrons. The standard InChI is InChI=1S/C12H19N5/c1-10(12-15-7-9-17(12)3)13-5-4-11-14-6-8-16(11)2/h6-10,13H,4-5H2,1-3H3. The van der Waals surface area contributed by atoms with Crippen LogP contribution in [0.2, 0.25) is 0 Å². The Labute approximate surface area is 102 Å². The first-order valence-corrected chi connectivity index (χ1v) is 5.85. The predicted octanol–water partition coefficient (Wildman–Crippen LogP) is 1.05. The van der Waals surface area contributed by atoms with Gasteiger partial charge >= 0.3 is 0 Å². The molecule has 0 fully saturated rings. The second-order valence-corrected chi connectivity index (χ2v) is 4.28. The summed E-state index contributed by atoms with van der Waals surface area (Å²) in [6.07, 6.45) is 8.52. The molecule has 0 aliphatic heterocycles. The van der Waals surface area contributed by atoms with E-state index in [-0.39, 0.29) is 6.04 Å². The largest absolute Gasteiger partial charge is 0.338 e. The van der Waals surface area contributed by atoms with Gasteiger partial charge in [-0.1, -0.05) is 0 Å². The van der Waals surface area contributed by atoms with Crippen molar-refractivity contribution in [3.8, 4) is 0 Å². The lowest BCUT2D eigenvalue weighted by Crippen LogP contribution is -2.24. The van der Waals surface area contributed by atoms with E-state index < -0.39 is 0 Å². The summed E-state index contributed by atoms with van der Waals surface area (Å²) >= 11 is 0. The fourth-order valence-corrected chi connectivity index (χ4v) is 1.92. The van der Waals surface area contributed by atoms with E-state index in [9.17, 15) is 0 Å². The van der Waals surface area contributed by atoms with E-state index in [0.717, 1.165) is 24.6 Å². The molecule has 0 amide bonds. The Kier molecular flexibility index (Phi) is 3.58. The average molecular weight is 233 g/mol. The monoisotopic (exact) mass is 233 g/mol. The van der Waals surface area contributed by atoms with Crippen molar-refractivity contribution in [2.24, 2.45) is 14.1 Å². The zero-order chi connectivity index (χ0) is 12.3. The van der Waals surface area contributed by atoms with Crippen LogP contribution in [0.15, 0.2) is 24.8 Å². The van der Waals surface area contributed by atoms with Gasteiger partial charge in [0.15, 0.2) is 0 Å². The second kappa shape index (κ2) is 5.14. The van der Waals surface area contributed by atoms with Gasteiger partial charge in [-0.05, 0) is 6.92 Å². The molecule has 2 rings (SSSR count). The molecular weight excluding hydrogens is 214 g/mol. The molecule has 5 nitrogen and oxygen atoms in total. The Morgan fingerprint density at radius 3 is 2.47 bits per heavy atom. The quantitative estimate of drug-likeness (QED) is 0.839. The maximum atomic E-state index is 4.33. The highest BCUT2D eigenvalue weighted by atomic mass is 15.1. The summed E-state index contributed by atoms with van der Waals surface area (Å²) in [6, 6.07) is 0.260. The summed E-state index contributed by atoms with van der Waals surface area (Å²) in [6.45, 7) is 3.03. The highest BCUT2D eigenvalue weighted by Crippen LogP contribution is 2.08. The van der Waals surface area contributed by atoms with Gasteiger partial charge in [-0.2, -0.15) is 0 Å². The number of aromatic nitrogens is 4. The third-order valence-electron chi connectivity index (χ3n) is 2.97. The number of hydrogen-bond donors (Lipinski definition) is 1. The maximum absolute atomic E-state index is 4.33. The van der Waals surface area contributed by atoms with Gasteiger partial charge in [0, 0.05) is 51.8 Å². The zero-order valence-corrected chi connectivity index (χ0v) is 10.6. The molecule has 2 aromatic heterocycles. The SMILES string of the molecule is CC(NCCc1nccn1C)c1nccn1C. The highest BCUT2D eigenvalue weighted by molar-refractivity contribution is 4.98. The van der Waals surface area contributed by atoms with E-state index in [1.54, 1.807) is 0 Å². The number of nitrogens with zero attached hydrogens (tertiary/aromatic N) is 4. The smallest absolute Gasteiger partial charge is 0.125 e. The third kappa shape index (κ3) is 2.74. The molecule has 1 unspecified atom stereocenters. The summed E-state index contributed by atoms with van der Waals surface area (Å²) in [5.41, 5.74) is 0. The topological polar surface area (TPSA) is 47.7 Å². The van der Waals surface area contributed by atoms with Crippen molar-refractivity contribution in [3.63, 3.8) is 0 Å². The van der Waals surface area contributed by atoms with E-state index >= 15 is 0 Å². The van der Waals surface area contributed by atoms with Gasteiger partial charge in [0.1, 0.15) is 11.6 Å². The molecule has 17 heavy (non-hydrogen) atoms. The van der Waals surface area contributed by atoms with Crippen molar-refractivity contribution in [3.05, 3.63) is 36.4 Å². The molecule has 0 bridgehead atoms. The highest BCUT2D eigenvalue weighted by Gasteiger charge is 2.09. The molecule has 0 aliphatic rings. The van der Waals surface area contributed by atoms with Crippen LogP contribution < -0.4 is 5.32 Å². The lowest BCUT2D eigenvalue weighted by Gasteiger charge is -2.13. The molecule has 5 heteroatoms. The molecule has 0 spiro atoms. The van der Waals surface area contributed by atoms with E-state index in [4.69, 9.17) is 0 Å². The van der Waals surface area contributed by atoms with Crippen LogP contribution in [0, 0.1) is 0 Å². The van der Waals surface area contributed by atoms with Crippen molar-refractivity contribution in [2.75, 3.05) is 6.54 Å². The van der Waals surface area contributed by atoms with Crippen LogP contribution in [0.4, 0.5) is 0 Å². The number of imidazole rings is 2. The maximum Gasteiger partial charge on any atom is 0.125 e. The van der Waals surface area contributed by atoms with Crippen LogP contribution in [0.25, 0.3) is 0 Å². The summed E-state index contributed by atoms with van der Waals surface area (Å²) in [5.74, 6) is 2.16. The number of nitrogens with one attached hydrogen (secondary N) is 1. The molecule has 1 atom stereocenters. The van der Waals surface area contributed by atoms with Crippen LogP contribution in [0.3, 0.4) is 0 Å². The molecule has 2 aromatic rings. The van der Waals surface area contributed by atoms with Crippen molar-refractivity contribution in [1.29, 1.82) is 0 Å². The van der Waals surface area contributed by atoms with Crippen LogP contribution in [0.1, 0.15) is 24.6 Å². The van der Waals surface area contributed by atoms with Gasteiger partial charge < -0.3 is 14.5 Å². The normalized spacial score (nSPS) is 12.9. The van der Waals surface area contributed by atoms with Crippen LogP contribution in [0.5, 0.6) is 0 Å². The Morgan fingerprint density at radius 2 is 1.88 bits per heavy atom. The second-order valence-electron chi connectivity index (χ2n) is 4.28. The number of hydrogen-bond acceptors (Lipinski definition) is 3. The van der Waals surface area contributed by atoms with Gasteiger partial charge in [-0.25, -0.2) is 9.97 Å². The molecule has 2 heterocycles. The van der Waals surface area contributed by atoms with Gasteiger partial charge in [-0.15, -0.1) is 0 Å². The van der Waals surface area contributed by atoms with Crippen molar-refractivity contribution >= 4 is 0 Å². The third-order valence-corrected chi connectivity index (χ3v) is 2.97. The summed E-state index contributed by atoms with van der Waals surface area (Å²) < 4.78 is 4.09. The fraction of sp³-hybridized carbons (Fsp3) is 0.500. The molecule has 0 saturated carbocycles. The van der Waals surface area contributed by atoms with Crippen LogP contribution in [-0.4, -0.2) is 25.6 Å². The first-order chi connectivity index (χ1) is 8.18. The van der Waals surface area contributed by atoms with Crippen molar-refractivity contribution < 1.29 is 0 Å². The van der Waals surface area contributed by atoms with E-state index in [2.05, 4.69) is 22.2 Å². The van der Waals surface area contributed by atoms with Gasteiger partial charge in [0.05, 0.1) is 6.04 Å². The van der Waals surface area contributed by atoms with Gasteiger partial charge in [0.2, 0.25) is 0 Å². The Hall–Kier alpha value is -1.62. The summed E-state index contributed by atoms with van der Waals surface area (Å²) in [7, 11) is 4.03. The summed E-state index contributed by atoms with van der Waals surface area (Å²) in [5, 5.41) is 3.45. The molecular formula is C12H19N5.